The fourth-order valence-corrected chi connectivity index (χ4v) is 2.88. The Labute approximate surface area is 165 Å². The van der Waals surface area contributed by atoms with Gasteiger partial charge in [0.15, 0.2) is 0 Å². The summed E-state index contributed by atoms with van der Waals surface area (Å²) in [6.45, 7) is 0.234. The highest BCUT2D eigenvalue weighted by Crippen LogP contribution is 2.23. The highest BCUT2D eigenvalue weighted by atomic mass is 16.6. The standard InChI is InChI=1S/C21H16N4O4/c26-21(22-14-18-7-4-12-29-18)20-13-19(15-5-2-1-3-6-15)23-24(20)16-8-10-17(11-9-16)25(27)28/h1-13H,14H2,(H,22,26). The van der Waals surface area contributed by atoms with E-state index < -0.39 is 4.92 Å². The number of nitro groups is 1. The summed E-state index contributed by atoms with van der Waals surface area (Å²) in [4.78, 5) is 23.3. The lowest BCUT2D eigenvalue weighted by Gasteiger charge is -2.07. The number of non-ortho nitro benzene ring substituents is 1. The van der Waals surface area contributed by atoms with Crippen molar-refractivity contribution in [2.24, 2.45) is 0 Å². The van der Waals surface area contributed by atoms with Gasteiger partial charge in [-0.25, -0.2) is 4.68 Å². The minimum absolute atomic E-state index is 0.0343. The van der Waals surface area contributed by atoms with E-state index in [9.17, 15) is 14.9 Å². The van der Waals surface area contributed by atoms with Crippen LogP contribution in [0.25, 0.3) is 16.9 Å². The zero-order chi connectivity index (χ0) is 20.2. The summed E-state index contributed by atoms with van der Waals surface area (Å²) in [6, 6.07) is 20.5. The Kier molecular flexibility index (Phi) is 4.90. The molecule has 0 saturated heterocycles. The van der Waals surface area contributed by atoms with Crippen LogP contribution in [-0.2, 0) is 6.54 Å². The molecule has 0 bridgehead atoms. The third-order valence-electron chi connectivity index (χ3n) is 4.32. The summed E-state index contributed by atoms with van der Waals surface area (Å²) in [5, 5.41) is 18.3. The van der Waals surface area contributed by atoms with E-state index in [2.05, 4.69) is 10.4 Å². The van der Waals surface area contributed by atoms with Crippen LogP contribution in [0.2, 0.25) is 0 Å². The zero-order valence-electron chi connectivity index (χ0n) is 15.2. The van der Waals surface area contributed by atoms with Crippen molar-refractivity contribution in [1.29, 1.82) is 0 Å². The molecule has 8 heteroatoms. The number of hydrogen-bond donors (Lipinski definition) is 1. The molecule has 8 nitrogen and oxygen atoms in total. The Morgan fingerprint density at radius 1 is 1.07 bits per heavy atom. The van der Waals surface area contributed by atoms with Gasteiger partial charge in [0.05, 0.1) is 29.1 Å². The molecular formula is C21H16N4O4. The molecule has 0 unspecified atom stereocenters. The average molecular weight is 388 g/mol. The minimum atomic E-state index is -0.473. The summed E-state index contributed by atoms with van der Waals surface area (Å²) in [5.41, 5.74) is 2.29. The number of nitrogens with one attached hydrogen (secondary N) is 1. The summed E-state index contributed by atoms with van der Waals surface area (Å²) >= 11 is 0. The first-order valence-electron chi connectivity index (χ1n) is 8.83. The Bertz CT molecular complexity index is 1130. The van der Waals surface area contributed by atoms with Crippen molar-refractivity contribution in [3.05, 3.63) is 101 Å². The van der Waals surface area contributed by atoms with Gasteiger partial charge in [0.25, 0.3) is 11.6 Å². The van der Waals surface area contributed by atoms with Gasteiger partial charge >= 0.3 is 0 Å². The molecule has 0 aliphatic rings. The van der Waals surface area contributed by atoms with Gasteiger partial charge in [-0.15, -0.1) is 0 Å². The van der Waals surface area contributed by atoms with Crippen LogP contribution in [-0.4, -0.2) is 20.6 Å². The first-order chi connectivity index (χ1) is 14.1. The van der Waals surface area contributed by atoms with Crippen molar-refractivity contribution in [2.75, 3.05) is 0 Å². The fourth-order valence-electron chi connectivity index (χ4n) is 2.88. The van der Waals surface area contributed by atoms with Crippen molar-refractivity contribution in [3.8, 4) is 16.9 Å². The lowest BCUT2D eigenvalue weighted by Crippen LogP contribution is -2.25. The summed E-state index contributed by atoms with van der Waals surface area (Å²) < 4.78 is 6.72. The number of aromatic nitrogens is 2. The Balaban J connectivity index is 1.70. The maximum atomic E-state index is 12.8. The van der Waals surface area contributed by atoms with Crippen LogP contribution >= 0.6 is 0 Å². The topological polar surface area (TPSA) is 103 Å². The number of carbonyl (C=O) groups excluding carboxylic acids is 1. The molecule has 0 spiro atoms. The molecular weight excluding hydrogens is 372 g/mol. The van der Waals surface area contributed by atoms with Crippen LogP contribution in [0.5, 0.6) is 0 Å². The van der Waals surface area contributed by atoms with Gasteiger partial charge < -0.3 is 9.73 Å². The number of amides is 1. The molecule has 4 aromatic rings. The number of furan rings is 1. The molecule has 2 heterocycles. The van der Waals surface area contributed by atoms with Gasteiger partial charge in [-0.2, -0.15) is 5.10 Å². The molecule has 144 valence electrons. The molecule has 2 aromatic carbocycles. The highest BCUT2D eigenvalue weighted by Gasteiger charge is 2.18. The second kappa shape index (κ2) is 7.81. The molecule has 29 heavy (non-hydrogen) atoms. The summed E-state index contributed by atoms with van der Waals surface area (Å²) in [5.74, 6) is 0.289. The summed E-state index contributed by atoms with van der Waals surface area (Å²) in [7, 11) is 0. The third kappa shape index (κ3) is 3.91. The van der Waals surface area contributed by atoms with Gasteiger partial charge in [0.1, 0.15) is 11.5 Å². The smallest absolute Gasteiger partial charge is 0.270 e. The largest absolute Gasteiger partial charge is 0.467 e. The lowest BCUT2D eigenvalue weighted by atomic mass is 10.1. The van der Waals surface area contributed by atoms with Crippen molar-refractivity contribution in [2.45, 2.75) is 6.54 Å². The van der Waals surface area contributed by atoms with Crippen LogP contribution in [0.3, 0.4) is 0 Å². The molecule has 0 saturated carbocycles. The number of hydrogen-bond acceptors (Lipinski definition) is 5. The molecule has 0 atom stereocenters. The van der Waals surface area contributed by atoms with E-state index in [4.69, 9.17) is 4.42 Å². The monoisotopic (exact) mass is 388 g/mol. The van der Waals surface area contributed by atoms with E-state index in [-0.39, 0.29) is 18.1 Å². The molecule has 0 fully saturated rings. The molecule has 0 radical (unpaired) electrons. The second-order valence-electron chi connectivity index (χ2n) is 6.23. The number of carbonyl (C=O) groups is 1. The predicted octanol–water partition coefficient (Wildman–Crippen LogP) is 3.97. The average Bonchev–Trinajstić information content (AvgIpc) is 3.43. The van der Waals surface area contributed by atoms with Gasteiger partial charge in [0, 0.05) is 17.7 Å². The van der Waals surface area contributed by atoms with Gasteiger partial charge in [-0.1, -0.05) is 30.3 Å². The Morgan fingerprint density at radius 3 is 2.48 bits per heavy atom. The van der Waals surface area contributed by atoms with E-state index in [1.165, 1.54) is 23.1 Å². The fraction of sp³-hybridized carbons (Fsp3) is 0.0476. The maximum Gasteiger partial charge on any atom is 0.270 e. The van der Waals surface area contributed by atoms with Crippen LogP contribution in [0, 0.1) is 10.1 Å². The number of rotatable bonds is 6. The normalized spacial score (nSPS) is 10.6. The minimum Gasteiger partial charge on any atom is -0.467 e. The quantitative estimate of drug-likeness (QED) is 0.398. The number of benzene rings is 2. The van der Waals surface area contributed by atoms with Crippen LogP contribution in [0.4, 0.5) is 5.69 Å². The number of nitrogens with zero attached hydrogens (tertiary/aromatic N) is 3. The van der Waals surface area contributed by atoms with Crippen molar-refractivity contribution >= 4 is 11.6 Å². The van der Waals surface area contributed by atoms with Crippen LogP contribution < -0.4 is 5.32 Å². The molecule has 0 aliphatic carbocycles. The summed E-state index contributed by atoms with van der Waals surface area (Å²) in [6.07, 6.45) is 1.54. The Morgan fingerprint density at radius 2 is 1.83 bits per heavy atom. The first kappa shape index (κ1) is 18.2. The van der Waals surface area contributed by atoms with E-state index >= 15 is 0 Å². The van der Waals surface area contributed by atoms with E-state index in [0.29, 0.717) is 22.8 Å². The lowest BCUT2D eigenvalue weighted by molar-refractivity contribution is -0.384. The number of nitro benzene ring substituents is 1. The van der Waals surface area contributed by atoms with Crippen molar-refractivity contribution in [1.82, 2.24) is 15.1 Å². The van der Waals surface area contributed by atoms with Crippen molar-refractivity contribution in [3.63, 3.8) is 0 Å². The molecule has 0 aliphatic heterocycles. The SMILES string of the molecule is O=C(NCc1ccco1)c1cc(-c2ccccc2)nn1-c1ccc([N+](=O)[O-])cc1. The maximum absolute atomic E-state index is 12.8. The molecule has 4 rings (SSSR count). The van der Waals surface area contributed by atoms with Crippen molar-refractivity contribution < 1.29 is 14.1 Å². The predicted molar refractivity (Wildman–Crippen MR) is 106 cm³/mol. The molecule has 1 N–H and O–H groups in total. The van der Waals surface area contributed by atoms with Crippen LogP contribution in [0.1, 0.15) is 16.2 Å². The highest BCUT2D eigenvalue weighted by molar-refractivity contribution is 5.94. The van der Waals surface area contributed by atoms with Gasteiger partial charge in [-0.3, -0.25) is 14.9 Å². The molecule has 2 aromatic heterocycles. The van der Waals surface area contributed by atoms with Crippen LogP contribution in [0.15, 0.2) is 83.5 Å². The van der Waals surface area contributed by atoms with E-state index in [0.717, 1.165) is 5.56 Å². The second-order valence-corrected chi connectivity index (χ2v) is 6.23. The van der Waals surface area contributed by atoms with Gasteiger partial charge in [0.2, 0.25) is 0 Å². The molecule has 1 amide bonds. The Hall–Kier alpha value is -4.20. The first-order valence-corrected chi connectivity index (χ1v) is 8.83. The third-order valence-corrected chi connectivity index (χ3v) is 4.32. The zero-order valence-corrected chi connectivity index (χ0v) is 15.2. The van der Waals surface area contributed by atoms with E-state index in [1.54, 1.807) is 30.3 Å². The van der Waals surface area contributed by atoms with Gasteiger partial charge in [-0.05, 0) is 30.3 Å². The van der Waals surface area contributed by atoms with E-state index in [1.807, 2.05) is 30.3 Å².